The van der Waals surface area contributed by atoms with E-state index in [1.165, 1.54) is 11.3 Å². The Morgan fingerprint density at radius 2 is 1.90 bits per heavy atom. The Bertz CT molecular complexity index is 1370. The zero-order chi connectivity index (χ0) is 21.2. The van der Waals surface area contributed by atoms with Crippen LogP contribution in [-0.4, -0.2) is 32.5 Å². The number of hydrogen-bond donors (Lipinski definition) is 3. The first-order chi connectivity index (χ1) is 15.2. The van der Waals surface area contributed by atoms with E-state index in [0.29, 0.717) is 11.3 Å². The first-order valence-electron chi connectivity index (χ1n) is 9.81. The monoisotopic (exact) mass is 429 g/mol. The van der Waals surface area contributed by atoms with Gasteiger partial charge in [-0.05, 0) is 35.2 Å². The van der Waals surface area contributed by atoms with E-state index in [-0.39, 0.29) is 11.8 Å². The lowest BCUT2D eigenvalue weighted by atomic mass is 10.0. The number of rotatable bonds is 6. The Morgan fingerprint density at radius 3 is 2.77 bits per heavy atom. The number of fused-ring (bicyclic) bond motifs is 2. The minimum Gasteiger partial charge on any atom is -0.361 e. The summed E-state index contributed by atoms with van der Waals surface area (Å²) < 4.78 is 1.58. The molecular weight excluding hydrogens is 410 g/mol. The third-order valence-corrected chi connectivity index (χ3v) is 6.02. The van der Waals surface area contributed by atoms with Crippen LogP contribution < -0.4 is 10.7 Å². The molecule has 0 radical (unpaired) electrons. The third kappa shape index (κ3) is 3.80. The van der Waals surface area contributed by atoms with Crippen LogP contribution in [0.15, 0.2) is 78.6 Å². The summed E-state index contributed by atoms with van der Waals surface area (Å²) in [6.07, 6.45) is 3.79. The second-order valence-electron chi connectivity index (χ2n) is 7.15. The van der Waals surface area contributed by atoms with Gasteiger partial charge in [0.2, 0.25) is 0 Å². The highest BCUT2D eigenvalue weighted by atomic mass is 32.1. The summed E-state index contributed by atoms with van der Waals surface area (Å²) in [5, 5.41) is 5.76. The van der Waals surface area contributed by atoms with Gasteiger partial charge in [0, 0.05) is 23.5 Å². The summed E-state index contributed by atoms with van der Waals surface area (Å²) in [4.78, 5) is 34.1. The van der Waals surface area contributed by atoms with E-state index in [9.17, 15) is 9.59 Å². The maximum Gasteiger partial charge on any atom is 0.262 e. The van der Waals surface area contributed by atoms with Gasteiger partial charge >= 0.3 is 0 Å². The van der Waals surface area contributed by atoms with Crippen molar-refractivity contribution in [2.45, 2.75) is 12.5 Å². The molecule has 0 aliphatic carbocycles. The summed E-state index contributed by atoms with van der Waals surface area (Å²) in [6, 6.07) is 18.2. The van der Waals surface area contributed by atoms with Gasteiger partial charge < -0.3 is 10.3 Å². The number of imidazole rings is 1. The number of aromatic amines is 1. The number of benzene rings is 2. The fourth-order valence-electron chi connectivity index (χ4n) is 3.61. The van der Waals surface area contributed by atoms with Crippen molar-refractivity contribution in [3.05, 3.63) is 89.0 Å². The van der Waals surface area contributed by atoms with Crippen LogP contribution in [0.1, 0.15) is 15.2 Å². The summed E-state index contributed by atoms with van der Waals surface area (Å²) >= 11 is 1.34. The van der Waals surface area contributed by atoms with Gasteiger partial charge in [0.25, 0.3) is 11.8 Å². The Balaban J connectivity index is 1.43. The van der Waals surface area contributed by atoms with E-state index < -0.39 is 6.04 Å². The molecule has 0 spiro atoms. The Labute approximate surface area is 181 Å². The highest BCUT2D eigenvalue weighted by Crippen LogP contribution is 2.20. The van der Waals surface area contributed by atoms with E-state index in [0.717, 1.165) is 27.5 Å². The van der Waals surface area contributed by atoms with E-state index >= 15 is 0 Å². The molecule has 0 unspecified atom stereocenters. The Kier molecular flexibility index (Phi) is 4.97. The Morgan fingerprint density at radius 1 is 1.06 bits per heavy atom. The third-order valence-electron chi connectivity index (χ3n) is 5.15. The lowest BCUT2D eigenvalue weighted by molar-refractivity contribution is -0.118. The second kappa shape index (κ2) is 8.08. The first-order valence-corrected chi connectivity index (χ1v) is 10.7. The molecule has 2 aromatic carbocycles. The fourth-order valence-corrected chi connectivity index (χ4v) is 4.24. The molecule has 3 heterocycles. The van der Waals surface area contributed by atoms with Gasteiger partial charge in [0.1, 0.15) is 12.4 Å². The van der Waals surface area contributed by atoms with Crippen LogP contribution >= 0.6 is 11.3 Å². The standard InChI is InChI=1S/C23H19N5O2S/c29-22(27-28-14-25-18-8-3-4-9-20(18)28)19(26-23(30)21-10-5-11-31-21)12-15-13-24-17-7-2-1-6-16(15)17/h1-11,13-14,19,24H,12H2,(H,26,30)(H,27,29)/t19-/m0/s1. The molecule has 0 fully saturated rings. The average molecular weight is 430 g/mol. The molecule has 31 heavy (non-hydrogen) atoms. The molecule has 3 N–H and O–H groups in total. The van der Waals surface area contributed by atoms with E-state index in [1.807, 2.05) is 66.2 Å². The van der Waals surface area contributed by atoms with Crippen molar-refractivity contribution in [3.63, 3.8) is 0 Å². The molecule has 0 aliphatic rings. The molecule has 5 aromatic rings. The normalized spacial score (nSPS) is 12.1. The molecule has 8 heteroatoms. The lowest BCUT2D eigenvalue weighted by Crippen LogP contribution is -2.46. The smallest absolute Gasteiger partial charge is 0.262 e. The molecule has 7 nitrogen and oxygen atoms in total. The van der Waals surface area contributed by atoms with Crippen LogP contribution in [0, 0.1) is 0 Å². The van der Waals surface area contributed by atoms with Crippen molar-refractivity contribution in [1.82, 2.24) is 20.0 Å². The predicted octanol–water partition coefficient (Wildman–Crippen LogP) is 3.69. The lowest BCUT2D eigenvalue weighted by Gasteiger charge is -2.18. The van der Waals surface area contributed by atoms with Crippen molar-refractivity contribution < 1.29 is 9.59 Å². The summed E-state index contributed by atoms with van der Waals surface area (Å²) in [5.74, 6) is -0.594. The van der Waals surface area contributed by atoms with E-state index in [1.54, 1.807) is 17.1 Å². The maximum atomic E-state index is 13.2. The van der Waals surface area contributed by atoms with Gasteiger partial charge in [0.05, 0.1) is 15.9 Å². The molecule has 0 saturated carbocycles. The highest BCUT2D eigenvalue weighted by molar-refractivity contribution is 7.12. The van der Waals surface area contributed by atoms with Gasteiger partial charge in [-0.1, -0.05) is 36.4 Å². The molecule has 3 aromatic heterocycles. The zero-order valence-corrected chi connectivity index (χ0v) is 17.2. The Hall–Kier alpha value is -3.91. The number of amides is 2. The number of nitrogens with zero attached hydrogens (tertiary/aromatic N) is 2. The van der Waals surface area contributed by atoms with Crippen molar-refractivity contribution in [2.24, 2.45) is 0 Å². The molecule has 0 bridgehead atoms. The summed E-state index contributed by atoms with van der Waals surface area (Å²) in [7, 11) is 0. The largest absolute Gasteiger partial charge is 0.361 e. The predicted molar refractivity (Wildman–Crippen MR) is 122 cm³/mol. The number of hydrogen-bond acceptors (Lipinski definition) is 4. The number of aromatic nitrogens is 3. The summed E-state index contributed by atoms with van der Waals surface area (Å²) in [6.45, 7) is 0. The summed E-state index contributed by atoms with van der Waals surface area (Å²) in [5.41, 5.74) is 6.37. The van der Waals surface area contributed by atoms with Gasteiger partial charge in [-0.3, -0.25) is 15.0 Å². The van der Waals surface area contributed by atoms with E-state index in [4.69, 9.17) is 0 Å². The zero-order valence-electron chi connectivity index (χ0n) is 16.4. The quantitative estimate of drug-likeness (QED) is 0.384. The molecule has 0 saturated heterocycles. The second-order valence-corrected chi connectivity index (χ2v) is 8.09. The van der Waals surface area contributed by atoms with E-state index in [2.05, 4.69) is 20.7 Å². The van der Waals surface area contributed by atoms with Gasteiger partial charge in [-0.15, -0.1) is 11.3 Å². The molecule has 5 rings (SSSR count). The molecule has 2 amide bonds. The molecular formula is C23H19N5O2S. The first kappa shape index (κ1) is 19.1. The van der Waals surface area contributed by atoms with Gasteiger partial charge in [0.15, 0.2) is 0 Å². The van der Waals surface area contributed by atoms with Crippen LogP contribution in [0.25, 0.3) is 21.9 Å². The van der Waals surface area contributed by atoms with Crippen molar-refractivity contribution >= 4 is 45.1 Å². The van der Waals surface area contributed by atoms with Gasteiger partial charge in [-0.2, -0.15) is 0 Å². The van der Waals surface area contributed by atoms with Gasteiger partial charge in [-0.25, -0.2) is 9.66 Å². The number of carbonyl (C=O) groups is 2. The molecule has 154 valence electrons. The highest BCUT2D eigenvalue weighted by Gasteiger charge is 2.24. The molecule has 1 atom stereocenters. The maximum absolute atomic E-state index is 13.2. The van der Waals surface area contributed by atoms with Crippen LogP contribution in [0.3, 0.4) is 0 Å². The minimum atomic E-state index is -0.769. The average Bonchev–Trinajstić information content (AvgIpc) is 3.54. The fraction of sp³-hybridized carbons (Fsp3) is 0.0870. The van der Waals surface area contributed by atoms with Crippen molar-refractivity contribution in [1.29, 1.82) is 0 Å². The number of H-pyrrole nitrogens is 1. The van der Waals surface area contributed by atoms with Crippen LogP contribution in [0.4, 0.5) is 0 Å². The number of thiophene rings is 1. The number of para-hydroxylation sites is 3. The topological polar surface area (TPSA) is 91.8 Å². The van der Waals surface area contributed by atoms with Crippen molar-refractivity contribution in [3.8, 4) is 0 Å². The van der Waals surface area contributed by atoms with Crippen LogP contribution in [-0.2, 0) is 11.2 Å². The number of nitrogens with one attached hydrogen (secondary N) is 3. The van der Waals surface area contributed by atoms with Crippen molar-refractivity contribution in [2.75, 3.05) is 5.43 Å². The SMILES string of the molecule is O=C(N[C@@H](Cc1c[nH]c2ccccc12)C(=O)Nn1cnc2ccccc21)c1cccs1. The van der Waals surface area contributed by atoms with Crippen LogP contribution in [0.5, 0.6) is 0 Å². The number of carbonyl (C=O) groups excluding carboxylic acids is 2. The minimum absolute atomic E-state index is 0.273. The van der Waals surface area contributed by atoms with Crippen LogP contribution in [0.2, 0.25) is 0 Å². The molecule has 0 aliphatic heterocycles.